The Morgan fingerprint density at radius 2 is 2.22 bits per heavy atom. The molecule has 1 aliphatic carbocycles. The predicted molar refractivity (Wildman–Crippen MR) is 70.5 cm³/mol. The normalized spacial score (nSPS) is 17.9. The van der Waals surface area contributed by atoms with Gasteiger partial charge >= 0.3 is 0 Å². The summed E-state index contributed by atoms with van der Waals surface area (Å²) in [6, 6.07) is 3.73. The van der Waals surface area contributed by atoms with Crippen LogP contribution in [0.5, 0.6) is 0 Å². The van der Waals surface area contributed by atoms with Crippen LogP contribution in [-0.4, -0.2) is 27.7 Å². The number of carbonyl (C=O) groups is 1. The molecule has 4 nitrogen and oxygen atoms in total. The van der Waals surface area contributed by atoms with Gasteiger partial charge in [0.05, 0.1) is 12.1 Å². The molecule has 1 aromatic heterocycles. The maximum atomic E-state index is 12.3. The SMILES string of the molecule is CCCn1cccc1C(=O)NC1(CO)CCCC1. The number of carbonyl (C=O) groups excluding carboxylic acids is 1. The first kappa shape index (κ1) is 13.1. The van der Waals surface area contributed by atoms with Crippen LogP contribution >= 0.6 is 0 Å². The van der Waals surface area contributed by atoms with Crippen LogP contribution in [0.25, 0.3) is 0 Å². The highest BCUT2D eigenvalue weighted by molar-refractivity contribution is 5.93. The summed E-state index contributed by atoms with van der Waals surface area (Å²) in [5, 5.41) is 12.5. The molecule has 1 amide bonds. The Morgan fingerprint density at radius 3 is 2.83 bits per heavy atom. The molecule has 0 aromatic carbocycles. The second-order valence-corrected chi connectivity index (χ2v) is 5.19. The highest BCUT2D eigenvalue weighted by Crippen LogP contribution is 2.29. The Hall–Kier alpha value is -1.29. The van der Waals surface area contributed by atoms with E-state index in [1.54, 1.807) is 0 Å². The molecule has 18 heavy (non-hydrogen) atoms. The monoisotopic (exact) mass is 250 g/mol. The molecule has 0 spiro atoms. The first-order valence-corrected chi connectivity index (χ1v) is 6.79. The van der Waals surface area contributed by atoms with Gasteiger partial charge in [0, 0.05) is 12.7 Å². The Bertz CT molecular complexity index is 406. The molecule has 4 heteroatoms. The van der Waals surface area contributed by atoms with E-state index in [2.05, 4.69) is 12.2 Å². The molecule has 2 rings (SSSR count). The maximum absolute atomic E-state index is 12.3. The minimum Gasteiger partial charge on any atom is -0.394 e. The smallest absolute Gasteiger partial charge is 0.268 e. The van der Waals surface area contributed by atoms with Crippen molar-refractivity contribution in [2.45, 2.75) is 51.1 Å². The number of aliphatic hydroxyl groups is 1. The van der Waals surface area contributed by atoms with Gasteiger partial charge in [-0.2, -0.15) is 0 Å². The van der Waals surface area contributed by atoms with Crippen molar-refractivity contribution < 1.29 is 9.90 Å². The summed E-state index contributed by atoms with van der Waals surface area (Å²) >= 11 is 0. The number of hydrogen-bond donors (Lipinski definition) is 2. The molecule has 0 saturated heterocycles. The summed E-state index contributed by atoms with van der Waals surface area (Å²) in [5.74, 6) is -0.0654. The van der Waals surface area contributed by atoms with Crippen molar-refractivity contribution >= 4 is 5.91 Å². The Kier molecular flexibility index (Phi) is 4.07. The lowest BCUT2D eigenvalue weighted by Gasteiger charge is -2.28. The van der Waals surface area contributed by atoms with Crippen molar-refractivity contribution in [3.8, 4) is 0 Å². The van der Waals surface area contributed by atoms with Crippen molar-refractivity contribution in [1.82, 2.24) is 9.88 Å². The molecule has 0 unspecified atom stereocenters. The van der Waals surface area contributed by atoms with Gasteiger partial charge in [-0.25, -0.2) is 0 Å². The van der Waals surface area contributed by atoms with Gasteiger partial charge in [0.25, 0.3) is 5.91 Å². The fourth-order valence-electron chi connectivity index (χ4n) is 2.74. The number of nitrogens with zero attached hydrogens (tertiary/aromatic N) is 1. The lowest BCUT2D eigenvalue weighted by Crippen LogP contribution is -2.49. The van der Waals surface area contributed by atoms with E-state index in [1.165, 1.54) is 0 Å². The lowest BCUT2D eigenvalue weighted by molar-refractivity contribution is 0.0829. The van der Waals surface area contributed by atoms with Gasteiger partial charge in [0.2, 0.25) is 0 Å². The highest BCUT2D eigenvalue weighted by Gasteiger charge is 2.35. The molecule has 1 fully saturated rings. The lowest BCUT2D eigenvalue weighted by atomic mass is 9.99. The molecular formula is C14H22N2O2. The molecule has 0 aliphatic heterocycles. The molecule has 0 bridgehead atoms. The van der Waals surface area contributed by atoms with Crippen molar-refractivity contribution in [3.05, 3.63) is 24.0 Å². The minimum atomic E-state index is -0.390. The largest absolute Gasteiger partial charge is 0.394 e. The van der Waals surface area contributed by atoms with Crippen LogP contribution in [0.3, 0.4) is 0 Å². The molecule has 0 atom stereocenters. The summed E-state index contributed by atoms with van der Waals surface area (Å²) in [5.41, 5.74) is 0.301. The van der Waals surface area contributed by atoms with Crippen LogP contribution in [0.1, 0.15) is 49.5 Å². The van der Waals surface area contributed by atoms with Gasteiger partial charge in [-0.1, -0.05) is 19.8 Å². The average Bonchev–Trinajstić information content (AvgIpc) is 2.99. The van der Waals surface area contributed by atoms with Crippen LogP contribution in [0.15, 0.2) is 18.3 Å². The van der Waals surface area contributed by atoms with E-state index in [-0.39, 0.29) is 12.5 Å². The third-order valence-corrected chi connectivity index (χ3v) is 3.77. The predicted octanol–water partition coefficient (Wildman–Crippen LogP) is 1.93. The van der Waals surface area contributed by atoms with Gasteiger partial charge in [0.1, 0.15) is 5.69 Å². The number of aryl methyl sites for hydroxylation is 1. The summed E-state index contributed by atoms with van der Waals surface area (Å²) < 4.78 is 1.97. The van der Waals surface area contributed by atoms with E-state index < -0.39 is 5.54 Å². The molecule has 100 valence electrons. The van der Waals surface area contributed by atoms with E-state index in [9.17, 15) is 9.90 Å². The minimum absolute atomic E-state index is 0.0349. The third kappa shape index (κ3) is 2.58. The van der Waals surface area contributed by atoms with Crippen LogP contribution < -0.4 is 5.32 Å². The van der Waals surface area contributed by atoms with E-state index in [0.717, 1.165) is 38.6 Å². The Labute approximate surface area is 108 Å². The molecule has 1 saturated carbocycles. The summed E-state index contributed by atoms with van der Waals surface area (Å²) in [7, 11) is 0. The zero-order valence-corrected chi connectivity index (χ0v) is 11.0. The number of nitrogens with one attached hydrogen (secondary N) is 1. The third-order valence-electron chi connectivity index (χ3n) is 3.77. The van der Waals surface area contributed by atoms with Crippen molar-refractivity contribution in [3.63, 3.8) is 0 Å². The number of amides is 1. The second-order valence-electron chi connectivity index (χ2n) is 5.19. The quantitative estimate of drug-likeness (QED) is 0.839. The van der Waals surface area contributed by atoms with Crippen molar-refractivity contribution in [1.29, 1.82) is 0 Å². The molecule has 1 aliphatic rings. The second kappa shape index (κ2) is 5.57. The van der Waals surface area contributed by atoms with E-state index >= 15 is 0 Å². The number of aromatic nitrogens is 1. The van der Waals surface area contributed by atoms with Crippen LogP contribution in [0.4, 0.5) is 0 Å². The van der Waals surface area contributed by atoms with E-state index in [1.807, 2.05) is 22.9 Å². The van der Waals surface area contributed by atoms with E-state index in [0.29, 0.717) is 5.69 Å². The summed E-state index contributed by atoms with van der Waals surface area (Å²) in [4.78, 5) is 12.3. The average molecular weight is 250 g/mol. The summed E-state index contributed by atoms with van der Waals surface area (Å²) in [6.45, 7) is 2.98. The molecule has 0 radical (unpaired) electrons. The Balaban J connectivity index is 2.09. The van der Waals surface area contributed by atoms with Crippen molar-refractivity contribution in [2.75, 3.05) is 6.61 Å². The molecule has 1 heterocycles. The van der Waals surface area contributed by atoms with Crippen molar-refractivity contribution in [2.24, 2.45) is 0 Å². The first-order chi connectivity index (χ1) is 8.71. The standard InChI is InChI=1S/C14H22N2O2/c1-2-9-16-10-5-6-12(16)13(18)15-14(11-17)7-3-4-8-14/h5-6,10,17H,2-4,7-9,11H2,1H3,(H,15,18). The fourth-order valence-corrected chi connectivity index (χ4v) is 2.74. The van der Waals surface area contributed by atoms with Crippen LogP contribution in [0.2, 0.25) is 0 Å². The zero-order chi connectivity index (χ0) is 13.0. The summed E-state index contributed by atoms with van der Waals surface area (Å²) in [6.07, 6.45) is 6.85. The highest BCUT2D eigenvalue weighted by atomic mass is 16.3. The Morgan fingerprint density at radius 1 is 1.50 bits per heavy atom. The first-order valence-electron chi connectivity index (χ1n) is 6.79. The van der Waals surface area contributed by atoms with E-state index in [4.69, 9.17) is 0 Å². The maximum Gasteiger partial charge on any atom is 0.268 e. The fraction of sp³-hybridized carbons (Fsp3) is 0.643. The number of hydrogen-bond acceptors (Lipinski definition) is 2. The zero-order valence-electron chi connectivity index (χ0n) is 11.0. The van der Waals surface area contributed by atoms with Gasteiger partial charge < -0.3 is 15.0 Å². The van der Waals surface area contributed by atoms with Crippen LogP contribution in [0, 0.1) is 0 Å². The molecular weight excluding hydrogens is 228 g/mol. The van der Waals surface area contributed by atoms with Gasteiger partial charge in [-0.3, -0.25) is 4.79 Å². The number of aliphatic hydroxyl groups excluding tert-OH is 1. The molecule has 2 N–H and O–H groups in total. The topological polar surface area (TPSA) is 54.3 Å². The molecule has 1 aromatic rings. The number of rotatable bonds is 5. The van der Waals surface area contributed by atoms with Gasteiger partial charge in [-0.05, 0) is 31.4 Å². The van der Waals surface area contributed by atoms with Gasteiger partial charge in [0.15, 0.2) is 0 Å². The van der Waals surface area contributed by atoms with Crippen LogP contribution in [-0.2, 0) is 6.54 Å². The van der Waals surface area contributed by atoms with Gasteiger partial charge in [-0.15, -0.1) is 0 Å².